The zero-order valence-corrected chi connectivity index (χ0v) is 18.4. The van der Waals surface area contributed by atoms with Crippen LogP contribution in [0, 0.1) is 74.9 Å². The standard InChI is InChI=1S/C24H36.C2H6/c1-12-9-13-10-16(12)24(5)20-18-11-17(19(20)21(13,24)2)22(3)14-7-6-8-15(14)23(18,22)4;1-2/h12-20H,6-11H2,1-5H3;1-2H3. The van der Waals surface area contributed by atoms with Crippen LogP contribution in [0.2, 0.25) is 0 Å². The molecule has 0 spiro atoms. The van der Waals surface area contributed by atoms with Crippen LogP contribution in [0.1, 0.15) is 87.0 Å². The van der Waals surface area contributed by atoms with Gasteiger partial charge in [0.15, 0.2) is 0 Å². The van der Waals surface area contributed by atoms with Crippen LogP contribution in [0.15, 0.2) is 0 Å². The summed E-state index contributed by atoms with van der Waals surface area (Å²) in [4.78, 5) is 0. The zero-order chi connectivity index (χ0) is 18.4. The first-order chi connectivity index (χ1) is 12.3. The van der Waals surface area contributed by atoms with E-state index in [9.17, 15) is 0 Å². The van der Waals surface area contributed by atoms with Crippen molar-refractivity contribution in [1.82, 2.24) is 0 Å². The highest BCUT2D eigenvalue weighted by molar-refractivity contribution is 5.38. The fourth-order valence-corrected chi connectivity index (χ4v) is 12.9. The predicted molar refractivity (Wildman–Crippen MR) is 109 cm³/mol. The van der Waals surface area contributed by atoms with Gasteiger partial charge in [0, 0.05) is 0 Å². The molecule has 0 aromatic rings. The Kier molecular flexibility index (Phi) is 2.88. The van der Waals surface area contributed by atoms with Gasteiger partial charge in [0.1, 0.15) is 0 Å². The van der Waals surface area contributed by atoms with Gasteiger partial charge in [-0.05, 0) is 107 Å². The summed E-state index contributed by atoms with van der Waals surface area (Å²) < 4.78 is 0. The molecule has 0 heterocycles. The van der Waals surface area contributed by atoms with E-state index < -0.39 is 0 Å². The molecule has 0 saturated heterocycles. The van der Waals surface area contributed by atoms with Crippen molar-refractivity contribution in [3.05, 3.63) is 0 Å². The van der Waals surface area contributed by atoms with Crippen LogP contribution in [-0.2, 0) is 0 Å². The Morgan fingerprint density at radius 2 is 1.12 bits per heavy atom. The minimum atomic E-state index is 0.716. The summed E-state index contributed by atoms with van der Waals surface area (Å²) in [5, 5.41) is 0. The summed E-state index contributed by atoms with van der Waals surface area (Å²) in [7, 11) is 0. The summed E-state index contributed by atoms with van der Waals surface area (Å²) in [5.41, 5.74) is 2.91. The molecule has 0 N–H and O–H groups in total. The fourth-order valence-electron chi connectivity index (χ4n) is 12.9. The Morgan fingerprint density at radius 1 is 0.577 bits per heavy atom. The van der Waals surface area contributed by atoms with E-state index in [0.29, 0.717) is 5.41 Å². The van der Waals surface area contributed by atoms with E-state index in [-0.39, 0.29) is 0 Å². The van der Waals surface area contributed by atoms with Crippen molar-refractivity contribution in [1.29, 1.82) is 0 Å². The second-order valence-electron chi connectivity index (χ2n) is 12.5. The van der Waals surface area contributed by atoms with Gasteiger partial charge < -0.3 is 0 Å². The Hall–Kier alpha value is 0. The minimum Gasteiger partial charge on any atom is -0.0683 e. The molecule has 7 saturated carbocycles. The number of hydrogen-bond acceptors (Lipinski definition) is 0. The minimum absolute atomic E-state index is 0.716. The second-order valence-corrected chi connectivity index (χ2v) is 12.5. The van der Waals surface area contributed by atoms with Crippen LogP contribution < -0.4 is 0 Å². The van der Waals surface area contributed by atoms with E-state index >= 15 is 0 Å². The molecule has 0 aromatic carbocycles. The second kappa shape index (κ2) is 4.43. The smallest absolute Gasteiger partial charge is 0.0201 e. The van der Waals surface area contributed by atoms with Gasteiger partial charge in [0.2, 0.25) is 0 Å². The molecule has 0 heteroatoms. The highest BCUT2D eigenvalue weighted by Gasteiger charge is 2.91. The lowest BCUT2D eigenvalue weighted by atomic mass is 9.23. The third-order valence-electron chi connectivity index (χ3n) is 13.6. The number of rotatable bonds is 0. The van der Waals surface area contributed by atoms with Gasteiger partial charge in [-0.3, -0.25) is 0 Å². The first-order valence-electron chi connectivity index (χ1n) is 12.3. The highest BCUT2D eigenvalue weighted by Crippen LogP contribution is 2.95. The van der Waals surface area contributed by atoms with E-state index in [4.69, 9.17) is 0 Å². The van der Waals surface area contributed by atoms with Gasteiger partial charge in [-0.1, -0.05) is 54.9 Å². The molecule has 13 unspecified atom stereocenters. The molecule has 0 aromatic heterocycles. The van der Waals surface area contributed by atoms with Gasteiger partial charge >= 0.3 is 0 Å². The van der Waals surface area contributed by atoms with Crippen LogP contribution in [0.4, 0.5) is 0 Å². The van der Waals surface area contributed by atoms with Gasteiger partial charge in [-0.2, -0.15) is 0 Å². The lowest BCUT2D eigenvalue weighted by Crippen LogP contribution is -2.76. The maximum Gasteiger partial charge on any atom is -0.0201 e. The molecule has 0 nitrogen and oxygen atoms in total. The largest absolute Gasteiger partial charge is 0.0683 e. The van der Waals surface area contributed by atoms with Crippen molar-refractivity contribution < 1.29 is 0 Å². The normalized spacial score (nSPS) is 73.3. The lowest BCUT2D eigenvalue weighted by Gasteiger charge is -2.80. The topological polar surface area (TPSA) is 0 Å². The highest BCUT2D eigenvalue weighted by atomic mass is 14.9. The van der Waals surface area contributed by atoms with Crippen LogP contribution in [0.5, 0.6) is 0 Å². The van der Waals surface area contributed by atoms with Gasteiger partial charge in [0.25, 0.3) is 0 Å². The molecule has 0 amide bonds. The van der Waals surface area contributed by atoms with Crippen LogP contribution >= 0.6 is 0 Å². The van der Waals surface area contributed by atoms with E-state index in [1.54, 1.807) is 38.5 Å². The molecule has 0 aliphatic heterocycles. The Morgan fingerprint density at radius 3 is 1.69 bits per heavy atom. The van der Waals surface area contributed by atoms with Crippen LogP contribution in [0.3, 0.4) is 0 Å². The first kappa shape index (κ1) is 16.9. The van der Waals surface area contributed by atoms with Gasteiger partial charge in [-0.15, -0.1) is 0 Å². The van der Waals surface area contributed by atoms with Crippen molar-refractivity contribution >= 4 is 0 Å². The predicted octanol–water partition coefficient (Wildman–Crippen LogP) is 7.04. The van der Waals surface area contributed by atoms with Crippen molar-refractivity contribution in [2.75, 3.05) is 0 Å². The third-order valence-corrected chi connectivity index (χ3v) is 13.6. The molecule has 7 rings (SSSR count). The average molecular weight is 355 g/mol. The van der Waals surface area contributed by atoms with Gasteiger partial charge in [-0.25, -0.2) is 0 Å². The van der Waals surface area contributed by atoms with Crippen molar-refractivity contribution in [2.24, 2.45) is 74.9 Å². The molecule has 0 radical (unpaired) electrons. The Balaban J connectivity index is 0.000000666. The summed E-state index contributed by atoms with van der Waals surface area (Å²) in [6.45, 7) is 17.8. The van der Waals surface area contributed by atoms with Crippen LogP contribution in [-0.4, -0.2) is 0 Å². The zero-order valence-electron chi connectivity index (χ0n) is 18.4. The fraction of sp³-hybridized carbons (Fsp3) is 1.00. The van der Waals surface area contributed by atoms with Crippen molar-refractivity contribution in [3.8, 4) is 0 Å². The maximum absolute atomic E-state index is 2.79. The summed E-state index contributed by atoms with van der Waals surface area (Å²) in [5.74, 6) is 9.84. The maximum atomic E-state index is 2.79. The van der Waals surface area contributed by atoms with E-state index in [2.05, 4.69) is 34.6 Å². The number of hydrogen-bond donors (Lipinski definition) is 0. The Labute approximate surface area is 162 Å². The molecule has 26 heavy (non-hydrogen) atoms. The lowest BCUT2D eigenvalue weighted by molar-refractivity contribution is -0.338. The molecule has 7 aliphatic carbocycles. The molecular weight excluding hydrogens is 312 g/mol. The number of fused-ring (bicyclic) bond motifs is 18. The Bertz CT molecular complexity index is 665. The first-order valence-corrected chi connectivity index (χ1v) is 12.3. The van der Waals surface area contributed by atoms with Crippen molar-refractivity contribution in [2.45, 2.75) is 87.0 Å². The van der Waals surface area contributed by atoms with E-state index in [0.717, 1.165) is 69.5 Å². The quantitative estimate of drug-likeness (QED) is 0.409. The van der Waals surface area contributed by atoms with E-state index in [1.165, 1.54) is 0 Å². The molecule has 13 atom stereocenters. The third kappa shape index (κ3) is 1.17. The summed E-state index contributed by atoms with van der Waals surface area (Å²) >= 11 is 0. The average Bonchev–Trinajstić information content (AvgIpc) is 3.39. The molecule has 4 bridgehead atoms. The molecule has 146 valence electrons. The van der Waals surface area contributed by atoms with E-state index in [1.807, 2.05) is 13.8 Å². The molecular formula is C26H42. The summed E-state index contributed by atoms with van der Waals surface area (Å²) in [6.07, 6.45) is 9.50. The molecule has 7 aliphatic rings. The van der Waals surface area contributed by atoms with Crippen LogP contribution in [0.25, 0.3) is 0 Å². The summed E-state index contributed by atoms with van der Waals surface area (Å²) in [6, 6.07) is 0. The monoisotopic (exact) mass is 354 g/mol. The van der Waals surface area contributed by atoms with Gasteiger partial charge in [0.05, 0.1) is 0 Å². The molecule has 7 fully saturated rings. The SMILES string of the molecule is CC.CC1CC2CC1C1(C)C3C4CC(C3C21C)C1(C)C2CCCC2C41C. The van der Waals surface area contributed by atoms with Crippen molar-refractivity contribution in [3.63, 3.8) is 0 Å².